The van der Waals surface area contributed by atoms with Crippen LogP contribution in [0.4, 0.5) is 0 Å². The van der Waals surface area contributed by atoms with Gasteiger partial charge in [-0.15, -0.1) is 0 Å². The van der Waals surface area contributed by atoms with Gasteiger partial charge in [-0.3, -0.25) is 4.79 Å². The minimum absolute atomic E-state index is 0.0496. The van der Waals surface area contributed by atoms with E-state index in [0.717, 1.165) is 0 Å². The first kappa shape index (κ1) is 15.5. The quantitative estimate of drug-likeness (QED) is 0.784. The van der Waals surface area contributed by atoms with E-state index in [9.17, 15) is 13.2 Å². The van der Waals surface area contributed by atoms with Gasteiger partial charge in [0.2, 0.25) is 0 Å². The van der Waals surface area contributed by atoms with Crippen molar-refractivity contribution >= 4 is 41.6 Å². The van der Waals surface area contributed by atoms with E-state index in [1.165, 1.54) is 11.0 Å². The lowest BCUT2D eigenvalue weighted by Gasteiger charge is -2.17. The SMILES string of the molecule is CCN(C)C(=O)c1cc(Br)cc(S(=O)(=O)Cl)c1C. The molecule has 0 bridgehead atoms. The summed E-state index contributed by atoms with van der Waals surface area (Å²) in [6.45, 7) is 3.94. The van der Waals surface area contributed by atoms with Crippen molar-refractivity contribution in [1.29, 1.82) is 0 Å². The molecule has 0 heterocycles. The van der Waals surface area contributed by atoms with Gasteiger partial charge >= 0.3 is 0 Å². The minimum atomic E-state index is -3.87. The highest BCUT2D eigenvalue weighted by atomic mass is 79.9. The summed E-state index contributed by atoms with van der Waals surface area (Å²) in [5, 5.41) is 0. The summed E-state index contributed by atoms with van der Waals surface area (Å²) in [5.74, 6) is -0.238. The van der Waals surface area contributed by atoms with Crippen LogP contribution in [-0.2, 0) is 9.05 Å². The lowest BCUT2D eigenvalue weighted by Crippen LogP contribution is -2.27. The third kappa shape index (κ3) is 3.24. The molecular formula is C11H13BrClNO3S. The summed E-state index contributed by atoms with van der Waals surface area (Å²) in [5.41, 5.74) is 0.687. The van der Waals surface area contributed by atoms with E-state index in [2.05, 4.69) is 15.9 Å². The van der Waals surface area contributed by atoms with E-state index >= 15 is 0 Å². The molecule has 1 aromatic rings. The molecule has 0 atom stereocenters. The predicted octanol–water partition coefficient (Wildman–Crippen LogP) is 2.78. The molecule has 0 N–H and O–H groups in total. The maximum Gasteiger partial charge on any atom is 0.261 e. The van der Waals surface area contributed by atoms with Gasteiger partial charge in [-0.2, -0.15) is 0 Å². The zero-order valence-corrected chi connectivity index (χ0v) is 13.4. The van der Waals surface area contributed by atoms with Crippen LogP contribution < -0.4 is 0 Å². The van der Waals surface area contributed by atoms with E-state index in [1.807, 2.05) is 6.92 Å². The standard InChI is InChI=1S/C11H13BrClNO3S/c1-4-14(3)11(15)9-5-8(12)6-10(7(9)2)18(13,16)17/h5-6H,4H2,1-3H3. The second-order valence-electron chi connectivity index (χ2n) is 3.83. The van der Waals surface area contributed by atoms with Gasteiger partial charge in [0.05, 0.1) is 4.90 Å². The highest BCUT2D eigenvalue weighted by Gasteiger charge is 2.21. The van der Waals surface area contributed by atoms with Crippen LogP contribution >= 0.6 is 26.6 Å². The van der Waals surface area contributed by atoms with Crippen molar-refractivity contribution < 1.29 is 13.2 Å². The molecule has 0 aliphatic carbocycles. The first-order chi connectivity index (χ1) is 8.18. The Balaban J connectivity index is 3.48. The molecule has 0 aliphatic rings. The van der Waals surface area contributed by atoms with Crippen molar-refractivity contribution in [3.63, 3.8) is 0 Å². The first-order valence-electron chi connectivity index (χ1n) is 5.18. The first-order valence-corrected chi connectivity index (χ1v) is 8.29. The second-order valence-corrected chi connectivity index (χ2v) is 7.28. The van der Waals surface area contributed by atoms with Gasteiger partial charge in [-0.1, -0.05) is 15.9 Å². The molecule has 0 saturated carbocycles. The van der Waals surface area contributed by atoms with Crippen LogP contribution in [0.25, 0.3) is 0 Å². The summed E-state index contributed by atoms with van der Waals surface area (Å²) in [7, 11) is 3.13. The van der Waals surface area contributed by atoms with Crippen molar-refractivity contribution in [3.05, 3.63) is 27.7 Å². The average molecular weight is 355 g/mol. The topological polar surface area (TPSA) is 54.5 Å². The fourth-order valence-corrected chi connectivity index (χ4v) is 3.31. The summed E-state index contributed by atoms with van der Waals surface area (Å²) in [4.78, 5) is 13.5. The van der Waals surface area contributed by atoms with Gasteiger partial charge in [0.15, 0.2) is 0 Å². The molecule has 0 fully saturated rings. The van der Waals surface area contributed by atoms with Gasteiger partial charge in [0, 0.05) is 34.3 Å². The van der Waals surface area contributed by atoms with Crippen LogP contribution in [0, 0.1) is 6.92 Å². The van der Waals surface area contributed by atoms with E-state index < -0.39 is 9.05 Å². The lowest BCUT2D eigenvalue weighted by molar-refractivity contribution is 0.0801. The average Bonchev–Trinajstić information content (AvgIpc) is 2.28. The normalized spacial score (nSPS) is 11.4. The van der Waals surface area contributed by atoms with Crippen molar-refractivity contribution in [2.24, 2.45) is 0 Å². The van der Waals surface area contributed by atoms with Gasteiger partial charge in [-0.05, 0) is 31.5 Å². The van der Waals surface area contributed by atoms with Crippen LogP contribution in [0.5, 0.6) is 0 Å². The van der Waals surface area contributed by atoms with Crippen LogP contribution in [0.1, 0.15) is 22.8 Å². The van der Waals surface area contributed by atoms with Gasteiger partial charge in [0.25, 0.3) is 15.0 Å². The molecule has 0 radical (unpaired) electrons. The zero-order chi connectivity index (χ0) is 14.1. The van der Waals surface area contributed by atoms with Crippen LogP contribution in [0.15, 0.2) is 21.5 Å². The Morgan fingerprint density at radius 2 is 2.00 bits per heavy atom. The number of benzene rings is 1. The van der Waals surface area contributed by atoms with Crippen molar-refractivity contribution in [2.75, 3.05) is 13.6 Å². The lowest BCUT2D eigenvalue weighted by atomic mass is 10.1. The molecule has 1 aromatic carbocycles. The summed E-state index contributed by atoms with van der Waals surface area (Å²) >= 11 is 3.19. The number of hydrogen-bond donors (Lipinski definition) is 0. The highest BCUT2D eigenvalue weighted by Crippen LogP contribution is 2.27. The molecule has 0 aromatic heterocycles. The van der Waals surface area contributed by atoms with Gasteiger partial charge in [0.1, 0.15) is 0 Å². The van der Waals surface area contributed by atoms with Crippen LogP contribution in [0.3, 0.4) is 0 Å². The van der Waals surface area contributed by atoms with Crippen LogP contribution in [0.2, 0.25) is 0 Å². The number of amides is 1. The maximum atomic E-state index is 12.1. The number of rotatable bonds is 3. The molecule has 4 nitrogen and oxygen atoms in total. The van der Waals surface area contributed by atoms with E-state index in [0.29, 0.717) is 22.1 Å². The van der Waals surface area contributed by atoms with E-state index in [4.69, 9.17) is 10.7 Å². The van der Waals surface area contributed by atoms with Crippen molar-refractivity contribution in [2.45, 2.75) is 18.7 Å². The molecule has 100 valence electrons. The Labute approximate surface area is 119 Å². The number of nitrogens with zero attached hydrogens (tertiary/aromatic N) is 1. The Morgan fingerprint density at radius 3 is 2.44 bits per heavy atom. The molecular weight excluding hydrogens is 342 g/mol. The number of carbonyl (C=O) groups is 1. The predicted molar refractivity (Wildman–Crippen MR) is 74.6 cm³/mol. The molecule has 18 heavy (non-hydrogen) atoms. The fourth-order valence-electron chi connectivity index (χ4n) is 1.48. The summed E-state index contributed by atoms with van der Waals surface area (Å²) in [6.07, 6.45) is 0. The van der Waals surface area contributed by atoms with Crippen LogP contribution in [-0.4, -0.2) is 32.8 Å². The molecule has 1 amide bonds. The minimum Gasteiger partial charge on any atom is -0.342 e. The van der Waals surface area contributed by atoms with E-state index in [-0.39, 0.29) is 10.8 Å². The number of hydrogen-bond acceptors (Lipinski definition) is 3. The molecule has 1 rings (SSSR count). The molecule has 0 saturated heterocycles. The highest BCUT2D eigenvalue weighted by molar-refractivity contribution is 9.10. The zero-order valence-electron chi connectivity index (χ0n) is 10.2. The summed E-state index contributed by atoms with van der Waals surface area (Å²) < 4.78 is 23.4. The Kier molecular flexibility index (Phi) is 4.80. The van der Waals surface area contributed by atoms with Crippen molar-refractivity contribution in [3.8, 4) is 0 Å². The fraction of sp³-hybridized carbons (Fsp3) is 0.364. The van der Waals surface area contributed by atoms with E-state index in [1.54, 1.807) is 20.0 Å². The summed E-state index contributed by atoms with van der Waals surface area (Å²) in [6, 6.07) is 2.98. The second kappa shape index (κ2) is 5.59. The van der Waals surface area contributed by atoms with Crippen molar-refractivity contribution in [1.82, 2.24) is 4.90 Å². The number of carbonyl (C=O) groups excluding carboxylic acids is 1. The Hall–Kier alpha value is -0.590. The number of halogens is 2. The molecule has 7 heteroatoms. The third-order valence-electron chi connectivity index (χ3n) is 2.64. The Bertz CT molecular complexity index is 586. The third-order valence-corrected chi connectivity index (χ3v) is 4.54. The molecule has 0 aliphatic heterocycles. The smallest absolute Gasteiger partial charge is 0.261 e. The largest absolute Gasteiger partial charge is 0.342 e. The van der Waals surface area contributed by atoms with Gasteiger partial charge in [-0.25, -0.2) is 8.42 Å². The molecule has 0 spiro atoms. The monoisotopic (exact) mass is 353 g/mol. The molecule has 0 unspecified atom stereocenters. The Morgan fingerprint density at radius 1 is 1.44 bits per heavy atom. The van der Waals surface area contributed by atoms with Gasteiger partial charge < -0.3 is 4.90 Å². The maximum absolute atomic E-state index is 12.1.